The van der Waals surface area contributed by atoms with E-state index < -0.39 is 0 Å². The molecule has 2 aromatic rings. The average Bonchev–Trinajstić information content (AvgIpc) is 2.50. The topological polar surface area (TPSA) is 55.0 Å². The van der Waals surface area contributed by atoms with Crippen molar-refractivity contribution in [3.05, 3.63) is 41.1 Å². The van der Waals surface area contributed by atoms with Crippen molar-refractivity contribution >= 4 is 5.95 Å². The van der Waals surface area contributed by atoms with Gasteiger partial charge in [0.2, 0.25) is 5.95 Å². The van der Waals surface area contributed by atoms with Crippen LogP contribution < -0.4 is 10.6 Å². The molecule has 4 heteroatoms. The van der Waals surface area contributed by atoms with Crippen LogP contribution in [0, 0.1) is 20.8 Å². The van der Waals surface area contributed by atoms with Crippen molar-refractivity contribution < 1.29 is 0 Å². The quantitative estimate of drug-likeness (QED) is 0.925. The third kappa shape index (κ3) is 3.12. The van der Waals surface area contributed by atoms with Crippen LogP contribution in [0.1, 0.15) is 29.7 Å². The van der Waals surface area contributed by atoms with Crippen LogP contribution in [0.4, 0.5) is 5.95 Å². The Hall–Kier alpha value is -1.94. The molecule has 1 saturated heterocycles. The number of nitrogens with two attached hydrogens (primary N) is 1. The van der Waals surface area contributed by atoms with Crippen LogP contribution in [-0.2, 0) is 0 Å². The maximum atomic E-state index is 5.99. The van der Waals surface area contributed by atoms with E-state index in [1.807, 2.05) is 6.92 Å². The first-order valence-electron chi connectivity index (χ1n) is 7.97. The number of rotatable bonds is 2. The number of benzene rings is 1. The molecule has 0 radical (unpaired) electrons. The predicted octanol–water partition coefficient (Wildman–Crippen LogP) is 3.00. The second-order valence-electron chi connectivity index (χ2n) is 6.34. The summed E-state index contributed by atoms with van der Waals surface area (Å²) >= 11 is 0. The molecule has 1 aliphatic rings. The number of aryl methyl sites for hydroxylation is 3. The first-order chi connectivity index (χ1) is 10.5. The molecule has 0 atom stereocenters. The fraction of sp³-hybridized carbons (Fsp3) is 0.444. The van der Waals surface area contributed by atoms with Crippen molar-refractivity contribution in [1.29, 1.82) is 0 Å². The van der Waals surface area contributed by atoms with Crippen LogP contribution in [0.5, 0.6) is 0 Å². The van der Waals surface area contributed by atoms with Crippen molar-refractivity contribution in [2.24, 2.45) is 5.73 Å². The molecule has 22 heavy (non-hydrogen) atoms. The molecule has 3 rings (SSSR count). The maximum Gasteiger partial charge on any atom is 0.226 e. The molecular weight excluding hydrogens is 272 g/mol. The molecule has 2 heterocycles. The van der Waals surface area contributed by atoms with Gasteiger partial charge in [0.25, 0.3) is 0 Å². The van der Waals surface area contributed by atoms with Crippen molar-refractivity contribution in [2.45, 2.75) is 39.7 Å². The molecule has 4 nitrogen and oxygen atoms in total. The number of anilines is 1. The van der Waals surface area contributed by atoms with Crippen molar-refractivity contribution in [1.82, 2.24) is 9.97 Å². The van der Waals surface area contributed by atoms with Gasteiger partial charge in [-0.25, -0.2) is 9.97 Å². The lowest BCUT2D eigenvalue weighted by Crippen LogP contribution is -2.40. The predicted molar refractivity (Wildman–Crippen MR) is 91.1 cm³/mol. The summed E-state index contributed by atoms with van der Waals surface area (Å²) in [5, 5.41) is 0. The zero-order valence-corrected chi connectivity index (χ0v) is 13.6. The van der Waals surface area contributed by atoms with Crippen molar-refractivity contribution in [2.75, 3.05) is 18.0 Å². The summed E-state index contributed by atoms with van der Waals surface area (Å²) in [6.07, 6.45) is 2.02. The van der Waals surface area contributed by atoms with Crippen molar-refractivity contribution in [3.8, 4) is 11.3 Å². The van der Waals surface area contributed by atoms with Gasteiger partial charge in [-0.1, -0.05) is 17.7 Å². The second-order valence-corrected chi connectivity index (χ2v) is 6.34. The van der Waals surface area contributed by atoms with E-state index in [1.165, 1.54) is 16.7 Å². The minimum atomic E-state index is 0.319. The Morgan fingerprint density at radius 3 is 2.50 bits per heavy atom. The first-order valence-corrected chi connectivity index (χ1v) is 7.97. The molecule has 0 amide bonds. The minimum absolute atomic E-state index is 0.319. The van der Waals surface area contributed by atoms with Gasteiger partial charge in [0.05, 0.1) is 5.69 Å². The van der Waals surface area contributed by atoms with Crippen LogP contribution in [0.15, 0.2) is 24.3 Å². The zero-order chi connectivity index (χ0) is 15.7. The number of hydrogen-bond donors (Lipinski definition) is 1. The van der Waals surface area contributed by atoms with Crippen LogP contribution >= 0.6 is 0 Å². The van der Waals surface area contributed by atoms with E-state index in [9.17, 15) is 0 Å². The van der Waals surface area contributed by atoms with E-state index in [2.05, 4.69) is 48.0 Å². The largest absolute Gasteiger partial charge is 0.341 e. The SMILES string of the molecule is Cc1ccc(C)c(-c2cc(C)nc(N3CCC(N)CC3)n2)c1. The van der Waals surface area contributed by atoms with Gasteiger partial charge in [-0.15, -0.1) is 0 Å². The van der Waals surface area contributed by atoms with Gasteiger partial charge in [0.15, 0.2) is 0 Å². The van der Waals surface area contributed by atoms with E-state index >= 15 is 0 Å². The van der Waals surface area contributed by atoms with Gasteiger partial charge >= 0.3 is 0 Å². The zero-order valence-electron chi connectivity index (χ0n) is 13.6. The molecule has 0 spiro atoms. The highest BCUT2D eigenvalue weighted by Crippen LogP contribution is 2.26. The summed E-state index contributed by atoms with van der Waals surface area (Å²) in [5.74, 6) is 0.836. The Morgan fingerprint density at radius 2 is 1.77 bits per heavy atom. The van der Waals surface area contributed by atoms with E-state index in [4.69, 9.17) is 10.7 Å². The third-order valence-corrected chi connectivity index (χ3v) is 4.33. The summed E-state index contributed by atoms with van der Waals surface area (Å²) in [5.41, 5.74) is 11.7. The Balaban J connectivity index is 1.98. The molecule has 0 unspecified atom stereocenters. The van der Waals surface area contributed by atoms with Crippen LogP contribution in [0.25, 0.3) is 11.3 Å². The van der Waals surface area contributed by atoms with Gasteiger partial charge in [-0.2, -0.15) is 0 Å². The summed E-state index contributed by atoms with van der Waals surface area (Å²) in [4.78, 5) is 11.7. The lowest BCUT2D eigenvalue weighted by molar-refractivity contribution is 0.495. The van der Waals surface area contributed by atoms with Gasteiger partial charge in [-0.3, -0.25) is 0 Å². The maximum absolute atomic E-state index is 5.99. The summed E-state index contributed by atoms with van der Waals surface area (Å²) in [6.45, 7) is 8.17. The van der Waals surface area contributed by atoms with Gasteiger partial charge in [-0.05, 0) is 51.3 Å². The standard InChI is InChI=1S/C18H24N4/c1-12-4-5-13(2)16(10-12)17-11-14(3)20-18(21-17)22-8-6-15(19)7-9-22/h4-5,10-11,15H,6-9,19H2,1-3H3. The lowest BCUT2D eigenvalue weighted by Gasteiger charge is -2.30. The monoisotopic (exact) mass is 296 g/mol. The summed E-state index contributed by atoms with van der Waals surface area (Å²) < 4.78 is 0. The fourth-order valence-corrected chi connectivity index (χ4v) is 2.94. The van der Waals surface area contributed by atoms with Crippen molar-refractivity contribution in [3.63, 3.8) is 0 Å². The molecule has 116 valence electrons. The minimum Gasteiger partial charge on any atom is -0.341 e. The molecule has 0 aliphatic carbocycles. The Bertz CT molecular complexity index is 673. The lowest BCUT2D eigenvalue weighted by atomic mass is 10.0. The molecule has 1 fully saturated rings. The van der Waals surface area contributed by atoms with Gasteiger partial charge < -0.3 is 10.6 Å². The summed E-state index contributed by atoms with van der Waals surface area (Å²) in [7, 11) is 0. The molecule has 1 aliphatic heterocycles. The second kappa shape index (κ2) is 6.05. The van der Waals surface area contributed by atoms with Crippen LogP contribution in [-0.4, -0.2) is 29.1 Å². The van der Waals surface area contributed by atoms with E-state index in [0.29, 0.717) is 6.04 Å². The van der Waals surface area contributed by atoms with Gasteiger partial charge in [0.1, 0.15) is 0 Å². The molecule has 1 aromatic carbocycles. The fourth-order valence-electron chi connectivity index (χ4n) is 2.94. The van der Waals surface area contributed by atoms with E-state index in [1.54, 1.807) is 0 Å². The molecule has 0 saturated carbocycles. The molecule has 2 N–H and O–H groups in total. The average molecular weight is 296 g/mol. The Morgan fingerprint density at radius 1 is 1.05 bits per heavy atom. The van der Waals surface area contributed by atoms with Crippen LogP contribution in [0.3, 0.4) is 0 Å². The Kier molecular flexibility index (Phi) is 4.12. The van der Waals surface area contributed by atoms with Crippen LogP contribution in [0.2, 0.25) is 0 Å². The third-order valence-electron chi connectivity index (χ3n) is 4.33. The highest BCUT2D eigenvalue weighted by molar-refractivity contribution is 5.65. The number of piperidine rings is 1. The smallest absolute Gasteiger partial charge is 0.226 e. The summed E-state index contributed by atoms with van der Waals surface area (Å²) in [6, 6.07) is 8.88. The highest BCUT2D eigenvalue weighted by Gasteiger charge is 2.19. The normalized spacial score (nSPS) is 16.1. The number of hydrogen-bond acceptors (Lipinski definition) is 4. The highest BCUT2D eigenvalue weighted by atomic mass is 15.3. The number of aromatic nitrogens is 2. The van der Waals surface area contributed by atoms with E-state index in [0.717, 1.165) is 43.3 Å². The van der Waals surface area contributed by atoms with Gasteiger partial charge in [0, 0.05) is 30.4 Å². The number of nitrogens with zero attached hydrogens (tertiary/aromatic N) is 3. The molecule has 0 bridgehead atoms. The Labute approximate surface area is 132 Å². The molecule has 1 aromatic heterocycles. The van der Waals surface area contributed by atoms with E-state index in [-0.39, 0.29) is 0 Å². The molecular formula is C18H24N4. The first kappa shape index (κ1) is 15.0.